The molecule has 17 heavy (non-hydrogen) atoms. The van der Waals surface area contributed by atoms with Gasteiger partial charge in [0.15, 0.2) is 0 Å². The number of anilines is 1. The lowest BCUT2D eigenvalue weighted by Gasteiger charge is -2.06. The Morgan fingerprint density at radius 3 is 2.94 bits per heavy atom. The van der Waals surface area contributed by atoms with Crippen molar-refractivity contribution in [2.75, 3.05) is 5.32 Å². The van der Waals surface area contributed by atoms with Crippen LogP contribution in [0, 0.1) is 11.3 Å². The number of aryl methyl sites for hydroxylation is 1. The molecular weight excluding hydrogens is 280 g/mol. The van der Waals surface area contributed by atoms with Gasteiger partial charge in [-0.1, -0.05) is 15.9 Å². The Kier molecular flexibility index (Phi) is 3.45. The van der Waals surface area contributed by atoms with Crippen molar-refractivity contribution >= 4 is 21.6 Å². The quantitative estimate of drug-likeness (QED) is 0.946. The third-order valence-electron chi connectivity index (χ3n) is 2.33. The lowest BCUT2D eigenvalue weighted by atomic mass is 10.2. The first-order chi connectivity index (χ1) is 8.19. The molecule has 1 heterocycles. The molecule has 0 amide bonds. The molecule has 0 aliphatic heterocycles. The van der Waals surface area contributed by atoms with E-state index in [4.69, 9.17) is 5.26 Å². The molecule has 2 rings (SSSR count). The Bertz CT molecular complexity index is 568. The zero-order valence-electron chi connectivity index (χ0n) is 9.31. The number of benzene rings is 1. The van der Waals surface area contributed by atoms with Crippen LogP contribution in [0.5, 0.6) is 0 Å². The number of hydrogen-bond donors (Lipinski definition) is 1. The van der Waals surface area contributed by atoms with Crippen molar-refractivity contribution < 1.29 is 0 Å². The molecule has 1 N–H and O–H groups in total. The maximum absolute atomic E-state index is 8.99. The van der Waals surface area contributed by atoms with E-state index in [1.165, 1.54) is 0 Å². The summed E-state index contributed by atoms with van der Waals surface area (Å²) in [5.41, 5.74) is 2.38. The summed E-state index contributed by atoms with van der Waals surface area (Å²) in [4.78, 5) is 0. The van der Waals surface area contributed by atoms with Crippen molar-refractivity contribution in [1.29, 1.82) is 5.26 Å². The van der Waals surface area contributed by atoms with Crippen LogP contribution >= 0.6 is 15.9 Å². The SMILES string of the molecule is Cn1ccc(CNc2cc(Br)ccc2C#N)n1. The molecule has 5 heteroatoms. The maximum Gasteiger partial charge on any atom is 0.101 e. The summed E-state index contributed by atoms with van der Waals surface area (Å²) in [7, 11) is 1.88. The van der Waals surface area contributed by atoms with Gasteiger partial charge in [0.05, 0.1) is 23.5 Å². The number of nitrogens with one attached hydrogen (secondary N) is 1. The molecule has 0 unspecified atom stereocenters. The lowest BCUT2D eigenvalue weighted by molar-refractivity contribution is 0.747. The number of nitrogens with zero attached hydrogens (tertiary/aromatic N) is 3. The molecular formula is C12H11BrN4. The lowest BCUT2D eigenvalue weighted by Crippen LogP contribution is -2.02. The average Bonchev–Trinajstić information content (AvgIpc) is 2.73. The van der Waals surface area contributed by atoms with E-state index in [1.54, 1.807) is 10.7 Å². The van der Waals surface area contributed by atoms with Gasteiger partial charge in [0.1, 0.15) is 6.07 Å². The standard InChI is InChI=1S/C12H11BrN4/c1-17-5-4-11(16-17)8-15-12-6-10(13)3-2-9(12)7-14/h2-6,15H,8H2,1H3. The van der Waals surface area contributed by atoms with E-state index >= 15 is 0 Å². The van der Waals surface area contributed by atoms with Crippen LogP contribution < -0.4 is 5.32 Å². The van der Waals surface area contributed by atoms with Gasteiger partial charge >= 0.3 is 0 Å². The fourth-order valence-corrected chi connectivity index (χ4v) is 1.86. The highest BCUT2D eigenvalue weighted by Crippen LogP contribution is 2.21. The van der Waals surface area contributed by atoms with Crippen LogP contribution in [0.15, 0.2) is 34.9 Å². The normalized spacial score (nSPS) is 9.94. The van der Waals surface area contributed by atoms with Crippen LogP contribution in [-0.4, -0.2) is 9.78 Å². The number of rotatable bonds is 3. The first-order valence-corrected chi connectivity index (χ1v) is 5.90. The molecule has 1 aromatic heterocycles. The van der Waals surface area contributed by atoms with Crippen LogP contribution in [0.4, 0.5) is 5.69 Å². The number of aromatic nitrogens is 2. The van der Waals surface area contributed by atoms with Gasteiger partial charge in [-0.25, -0.2) is 0 Å². The predicted molar refractivity (Wildman–Crippen MR) is 69.4 cm³/mol. The maximum atomic E-state index is 8.99. The van der Waals surface area contributed by atoms with Gasteiger partial charge in [-0.15, -0.1) is 0 Å². The van der Waals surface area contributed by atoms with E-state index in [1.807, 2.05) is 31.4 Å². The zero-order chi connectivity index (χ0) is 12.3. The predicted octanol–water partition coefficient (Wildman–Crippen LogP) is 2.67. The second-order valence-electron chi connectivity index (χ2n) is 3.64. The molecule has 1 aromatic carbocycles. The molecule has 4 nitrogen and oxygen atoms in total. The molecule has 0 radical (unpaired) electrons. The summed E-state index contributed by atoms with van der Waals surface area (Å²) < 4.78 is 2.70. The van der Waals surface area contributed by atoms with Crippen molar-refractivity contribution in [2.24, 2.45) is 7.05 Å². The molecule has 0 saturated heterocycles. The minimum absolute atomic E-state index is 0.603. The molecule has 2 aromatic rings. The smallest absolute Gasteiger partial charge is 0.101 e. The van der Waals surface area contributed by atoms with Crippen LogP contribution in [0.25, 0.3) is 0 Å². The van der Waals surface area contributed by atoms with Gasteiger partial charge in [0, 0.05) is 17.7 Å². The Morgan fingerprint density at radius 2 is 2.29 bits per heavy atom. The van der Waals surface area contributed by atoms with Crippen molar-refractivity contribution in [2.45, 2.75) is 6.54 Å². The molecule has 0 bridgehead atoms. The molecule has 0 fully saturated rings. The van der Waals surface area contributed by atoms with Crippen molar-refractivity contribution in [3.05, 3.63) is 46.2 Å². The van der Waals surface area contributed by atoms with Gasteiger partial charge in [-0.05, 0) is 24.3 Å². The molecule has 0 saturated carbocycles. The molecule has 0 atom stereocenters. The van der Waals surface area contributed by atoms with E-state index in [0.29, 0.717) is 12.1 Å². The van der Waals surface area contributed by atoms with E-state index in [-0.39, 0.29) is 0 Å². The van der Waals surface area contributed by atoms with Crippen molar-refractivity contribution in [3.8, 4) is 6.07 Å². The fraction of sp³-hybridized carbons (Fsp3) is 0.167. The molecule has 0 aliphatic carbocycles. The summed E-state index contributed by atoms with van der Waals surface area (Å²) in [6.45, 7) is 0.603. The summed E-state index contributed by atoms with van der Waals surface area (Å²) in [6, 6.07) is 9.62. The van der Waals surface area contributed by atoms with Crippen LogP contribution in [-0.2, 0) is 13.6 Å². The Hall–Kier alpha value is -1.80. The van der Waals surface area contributed by atoms with Gasteiger partial charge in [-0.2, -0.15) is 10.4 Å². The van der Waals surface area contributed by atoms with Gasteiger partial charge in [0.2, 0.25) is 0 Å². The first kappa shape index (κ1) is 11.7. The monoisotopic (exact) mass is 290 g/mol. The summed E-state index contributed by atoms with van der Waals surface area (Å²) >= 11 is 3.39. The highest BCUT2D eigenvalue weighted by Gasteiger charge is 2.03. The number of halogens is 1. The van der Waals surface area contributed by atoms with Crippen molar-refractivity contribution in [3.63, 3.8) is 0 Å². The molecule has 0 aliphatic rings. The average molecular weight is 291 g/mol. The third kappa shape index (κ3) is 2.86. The van der Waals surface area contributed by atoms with Crippen LogP contribution in [0.2, 0.25) is 0 Å². The van der Waals surface area contributed by atoms with E-state index < -0.39 is 0 Å². The Labute approximate surface area is 108 Å². The largest absolute Gasteiger partial charge is 0.378 e. The number of hydrogen-bond acceptors (Lipinski definition) is 3. The Balaban J connectivity index is 2.13. The highest BCUT2D eigenvalue weighted by molar-refractivity contribution is 9.10. The highest BCUT2D eigenvalue weighted by atomic mass is 79.9. The van der Waals surface area contributed by atoms with E-state index in [0.717, 1.165) is 15.9 Å². The van der Waals surface area contributed by atoms with E-state index in [2.05, 4.69) is 32.4 Å². The minimum Gasteiger partial charge on any atom is -0.378 e. The molecule has 86 valence electrons. The van der Waals surface area contributed by atoms with Crippen molar-refractivity contribution in [1.82, 2.24) is 9.78 Å². The summed E-state index contributed by atoms with van der Waals surface area (Å²) in [5.74, 6) is 0. The van der Waals surface area contributed by atoms with Gasteiger partial charge in [-0.3, -0.25) is 4.68 Å². The summed E-state index contributed by atoms with van der Waals surface area (Å²) in [5, 5.41) is 16.5. The number of nitriles is 1. The third-order valence-corrected chi connectivity index (χ3v) is 2.82. The van der Waals surface area contributed by atoms with Gasteiger partial charge in [0.25, 0.3) is 0 Å². The van der Waals surface area contributed by atoms with Gasteiger partial charge < -0.3 is 5.32 Å². The fourth-order valence-electron chi connectivity index (χ4n) is 1.50. The minimum atomic E-state index is 0.603. The van der Waals surface area contributed by atoms with Crippen LogP contribution in [0.1, 0.15) is 11.3 Å². The van der Waals surface area contributed by atoms with Crippen LogP contribution in [0.3, 0.4) is 0 Å². The summed E-state index contributed by atoms with van der Waals surface area (Å²) in [6.07, 6.45) is 1.89. The zero-order valence-corrected chi connectivity index (χ0v) is 10.9. The molecule has 0 spiro atoms. The topological polar surface area (TPSA) is 53.6 Å². The first-order valence-electron chi connectivity index (χ1n) is 5.11. The second-order valence-corrected chi connectivity index (χ2v) is 4.55. The van der Waals surface area contributed by atoms with E-state index in [9.17, 15) is 0 Å². The second kappa shape index (κ2) is 5.02. The Morgan fingerprint density at radius 1 is 1.47 bits per heavy atom.